The number of carbonyl (C=O) groups excluding carboxylic acids is 2. The number of H-pyrrole nitrogens is 1. The number of amides is 2. The highest BCUT2D eigenvalue weighted by molar-refractivity contribution is 5.79. The number of carbonyl (C=O) groups is 2. The number of hydrogen-bond acceptors (Lipinski definition) is 5. The van der Waals surface area contributed by atoms with Crippen molar-refractivity contribution in [2.75, 3.05) is 6.54 Å². The van der Waals surface area contributed by atoms with E-state index >= 15 is 0 Å². The summed E-state index contributed by atoms with van der Waals surface area (Å²) in [6, 6.07) is 0. The molecule has 0 aliphatic rings. The largest absolute Gasteiger partial charge is 0.356 e. The minimum atomic E-state index is -0.722. The lowest BCUT2D eigenvalue weighted by Gasteiger charge is -2.02. The SMILES string of the molecule is O=NC(=O)CCCC(=O)NCCc1cn[nH]n1. The van der Waals surface area contributed by atoms with E-state index in [1.807, 2.05) is 0 Å². The van der Waals surface area contributed by atoms with Crippen LogP contribution in [0.5, 0.6) is 0 Å². The lowest BCUT2D eigenvalue weighted by molar-refractivity contribution is -0.121. The fraction of sp³-hybridized carbons (Fsp3) is 0.556. The maximum Gasteiger partial charge on any atom is 0.286 e. The standard InChI is InChI=1S/C9H13N5O3/c15-8(2-1-3-9(16)13-17)10-5-4-7-6-11-14-12-7/h6H,1-5H2,(H,10,15)(H,11,12,14). The van der Waals surface area contributed by atoms with Crippen LogP contribution in [0.4, 0.5) is 0 Å². The van der Waals surface area contributed by atoms with E-state index in [0.717, 1.165) is 5.69 Å². The van der Waals surface area contributed by atoms with Gasteiger partial charge in [0.2, 0.25) is 5.91 Å². The van der Waals surface area contributed by atoms with Gasteiger partial charge in [0.15, 0.2) is 0 Å². The summed E-state index contributed by atoms with van der Waals surface area (Å²) in [5.41, 5.74) is 0.769. The third kappa shape index (κ3) is 5.50. The van der Waals surface area contributed by atoms with Gasteiger partial charge in [-0.3, -0.25) is 9.59 Å². The fourth-order valence-electron chi connectivity index (χ4n) is 1.21. The molecule has 2 N–H and O–H groups in total. The molecule has 0 saturated heterocycles. The Morgan fingerprint density at radius 1 is 1.41 bits per heavy atom. The van der Waals surface area contributed by atoms with Gasteiger partial charge in [-0.25, -0.2) is 0 Å². The first-order valence-corrected chi connectivity index (χ1v) is 5.20. The summed E-state index contributed by atoms with van der Waals surface area (Å²) in [4.78, 5) is 31.6. The average Bonchev–Trinajstić information content (AvgIpc) is 2.82. The predicted octanol–water partition coefficient (Wildman–Crippen LogP) is -0.0733. The van der Waals surface area contributed by atoms with Crippen LogP contribution >= 0.6 is 0 Å². The van der Waals surface area contributed by atoms with E-state index in [1.54, 1.807) is 6.20 Å². The monoisotopic (exact) mass is 239 g/mol. The fourth-order valence-corrected chi connectivity index (χ4v) is 1.21. The van der Waals surface area contributed by atoms with Crippen molar-refractivity contribution in [2.45, 2.75) is 25.7 Å². The van der Waals surface area contributed by atoms with E-state index in [-0.39, 0.29) is 18.7 Å². The van der Waals surface area contributed by atoms with Crippen LogP contribution in [0, 0.1) is 4.91 Å². The lowest BCUT2D eigenvalue weighted by atomic mass is 10.2. The molecule has 8 heteroatoms. The average molecular weight is 239 g/mol. The Kier molecular flexibility index (Phi) is 5.49. The molecule has 92 valence electrons. The van der Waals surface area contributed by atoms with Crippen LogP contribution in [-0.4, -0.2) is 33.8 Å². The van der Waals surface area contributed by atoms with Gasteiger partial charge in [-0.05, 0) is 6.42 Å². The molecule has 0 spiro atoms. The van der Waals surface area contributed by atoms with Crippen molar-refractivity contribution >= 4 is 11.8 Å². The Balaban J connectivity index is 2.05. The van der Waals surface area contributed by atoms with Crippen LogP contribution in [-0.2, 0) is 16.0 Å². The zero-order valence-electron chi connectivity index (χ0n) is 9.18. The highest BCUT2D eigenvalue weighted by Crippen LogP contribution is 1.97. The van der Waals surface area contributed by atoms with Gasteiger partial charge in [-0.1, -0.05) is 0 Å². The van der Waals surface area contributed by atoms with Crippen LogP contribution in [0.2, 0.25) is 0 Å². The number of aromatic nitrogens is 3. The van der Waals surface area contributed by atoms with Gasteiger partial charge in [0.25, 0.3) is 5.91 Å². The molecular weight excluding hydrogens is 226 g/mol. The van der Waals surface area contributed by atoms with Gasteiger partial charge in [0.05, 0.1) is 11.9 Å². The van der Waals surface area contributed by atoms with Crippen LogP contribution in [0.15, 0.2) is 11.4 Å². The molecule has 0 aliphatic carbocycles. The predicted molar refractivity (Wildman–Crippen MR) is 57.7 cm³/mol. The molecule has 0 aromatic carbocycles. The Hall–Kier alpha value is -2.12. The first-order chi connectivity index (χ1) is 8.22. The molecule has 0 unspecified atom stereocenters. The van der Waals surface area contributed by atoms with Gasteiger partial charge >= 0.3 is 0 Å². The Bertz CT molecular complexity index is 376. The minimum absolute atomic E-state index is 0.0141. The number of nitroso groups, excluding NO2 is 1. The second kappa shape index (κ2) is 7.20. The van der Waals surface area contributed by atoms with Crippen molar-refractivity contribution in [3.05, 3.63) is 16.8 Å². The molecule has 0 radical (unpaired) electrons. The number of nitrogens with zero attached hydrogens (tertiary/aromatic N) is 3. The summed E-state index contributed by atoms with van der Waals surface area (Å²) in [5.74, 6) is -0.882. The number of hydrogen-bond donors (Lipinski definition) is 2. The highest BCUT2D eigenvalue weighted by Gasteiger charge is 2.05. The van der Waals surface area contributed by atoms with Crippen molar-refractivity contribution < 1.29 is 9.59 Å². The van der Waals surface area contributed by atoms with Crippen molar-refractivity contribution in [3.63, 3.8) is 0 Å². The normalized spacial score (nSPS) is 9.88. The third-order valence-corrected chi connectivity index (χ3v) is 2.06. The summed E-state index contributed by atoms with van der Waals surface area (Å²) in [6.45, 7) is 0.464. The van der Waals surface area contributed by atoms with Crippen molar-refractivity contribution in [3.8, 4) is 0 Å². The lowest BCUT2D eigenvalue weighted by Crippen LogP contribution is -2.25. The summed E-state index contributed by atoms with van der Waals surface area (Å²) in [7, 11) is 0. The van der Waals surface area contributed by atoms with E-state index in [2.05, 4.69) is 25.9 Å². The van der Waals surface area contributed by atoms with E-state index in [1.165, 1.54) is 0 Å². The van der Waals surface area contributed by atoms with Crippen LogP contribution in [0.1, 0.15) is 25.0 Å². The zero-order chi connectivity index (χ0) is 12.5. The zero-order valence-corrected chi connectivity index (χ0v) is 9.18. The topological polar surface area (TPSA) is 117 Å². The van der Waals surface area contributed by atoms with Crippen molar-refractivity contribution in [2.24, 2.45) is 5.18 Å². The molecule has 0 aliphatic heterocycles. The summed E-state index contributed by atoms with van der Waals surface area (Å²) >= 11 is 0. The molecule has 8 nitrogen and oxygen atoms in total. The van der Waals surface area contributed by atoms with Gasteiger partial charge in [-0.15, -0.1) is 4.91 Å². The summed E-state index contributed by atoms with van der Waals surface area (Å²) in [5, 5.41) is 14.8. The molecule has 17 heavy (non-hydrogen) atoms. The molecular formula is C9H13N5O3. The molecule has 1 aromatic rings. The molecule has 2 amide bonds. The smallest absolute Gasteiger partial charge is 0.286 e. The molecule has 0 fully saturated rings. The Morgan fingerprint density at radius 2 is 2.24 bits per heavy atom. The van der Waals surface area contributed by atoms with E-state index < -0.39 is 5.91 Å². The maximum absolute atomic E-state index is 11.3. The van der Waals surface area contributed by atoms with Crippen molar-refractivity contribution in [1.29, 1.82) is 0 Å². The molecule has 1 aromatic heterocycles. The third-order valence-electron chi connectivity index (χ3n) is 2.06. The minimum Gasteiger partial charge on any atom is -0.356 e. The summed E-state index contributed by atoms with van der Waals surface area (Å²) in [6.07, 6.45) is 2.73. The van der Waals surface area contributed by atoms with E-state index in [9.17, 15) is 14.5 Å². The quantitative estimate of drug-likeness (QED) is 0.645. The second-order valence-corrected chi connectivity index (χ2v) is 3.40. The maximum atomic E-state index is 11.3. The molecule has 0 atom stereocenters. The van der Waals surface area contributed by atoms with Gasteiger partial charge < -0.3 is 5.32 Å². The number of rotatable bonds is 7. The summed E-state index contributed by atoms with van der Waals surface area (Å²) < 4.78 is 0. The first-order valence-electron chi connectivity index (χ1n) is 5.20. The highest BCUT2D eigenvalue weighted by atomic mass is 16.3. The van der Waals surface area contributed by atoms with Crippen LogP contribution in [0.25, 0.3) is 0 Å². The van der Waals surface area contributed by atoms with Crippen molar-refractivity contribution in [1.82, 2.24) is 20.7 Å². The van der Waals surface area contributed by atoms with Gasteiger partial charge in [0, 0.05) is 31.0 Å². The number of aromatic amines is 1. The van der Waals surface area contributed by atoms with E-state index in [0.29, 0.717) is 19.4 Å². The van der Waals surface area contributed by atoms with Gasteiger partial charge in [-0.2, -0.15) is 15.4 Å². The van der Waals surface area contributed by atoms with E-state index in [4.69, 9.17) is 0 Å². The molecule has 1 heterocycles. The first kappa shape index (κ1) is 12.9. The Labute approximate surface area is 97.1 Å². The van der Waals surface area contributed by atoms with Crippen LogP contribution in [0.3, 0.4) is 0 Å². The van der Waals surface area contributed by atoms with Crippen LogP contribution < -0.4 is 5.32 Å². The number of nitrogens with one attached hydrogen (secondary N) is 2. The Morgan fingerprint density at radius 3 is 2.88 bits per heavy atom. The molecule has 1 rings (SSSR count). The molecule has 0 saturated carbocycles. The molecule has 0 bridgehead atoms. The van der Waals surface area contributed by atoms with Gasteiger partial charge in [0.1, 0.15) is 0 Å². The second-order valence-electron chi connectivity index (χ2n) is 3.40.